The molecule has 0 spiro atoms. The number of rotatable bonds is 8. The van der Waals surface area contributed by atoms with Crippen LogP contribution in [-0.2, 0) is 11.3 Å². The average Bonchev–Trinajstić information content (AvgIpc) is 3.08. The minimum atomic E-state index is -0.391. The van der Waals surface area contributed by atoms with Crippen molar-refractivity contribution in [1.29, 1.82) is 0 Å². The fraction of sp³-hybridized carbons (Fsp3) is 0.333. The number of carbonyl (C=O) groups is 2. The zero-order valence-electron chi connectivity index (χ0n) is 15.1. The van der Waals surface area contributed by atoms with E-state index in [9.17, 15) is 14.0 Å². The molecule has 2 aromatic carbocycles. The first kappa shape index (κ1) is 18.9. The van der Waals surface area contributed by atoms with Gasteiger partial charge in [0.15, 0.2) is 11.6 Å². The normalized spacial score (nSPS) is 13.7. The van der Waals surface area contributed by atoms with Crippen LogP contribution in [0.4, 0.5) is 4.39 Å². The molecule has 1 aliphatic rings. The van der Waals surface area contributed by atoms with Gasteiger partial charge in [-0.2, -0.15) is 0 Å². The van der Waals surface area contributed by atoms with E-state index in [1.807, 2.05) is 17.0 Å². The van der Waals surface area contributed by atoms with Crippen LogP contribution in [-0.4, -0.2) is 36.4 Å². The van der Waals surface area contributed by atoms with E-state index in [0.717, 1.165) is 18.5 Å². The van der Waals surface area contributed by atoms with Crippen LogP contribution in [0.2, 0.25) is 0 Å². The maximum Gasteiger partial charge on any atom is 0.251 e. The highest BCUT2D eigenvalue weighted by Crippen LogP contribution is 2.16. The van der Waals surface area contributed by atoms with Crippen molar-refractivity contribution in [2.75, 3.05) is 19.7 Å². The molecule has 6 heteroatoms. The van der Waals surface area contributed by atoms with Gasteiger partial charge in [-0.25, -0.2) is 4.39 Å². The Morgan fingerprint density at radius 3 is 2.63 bits per heavy atom. The molecule has 0 saturated carbocycles. The fourth-order valence-corrected chi connectivity index (χ4v) is 2.97. The fourth-order valence-electron chi connectivity index (χ4n) is 2.97. The van der Waals surface area contributed by atoms with Gasteiger partial charge in [-0.3, -0.25) is 9.59 Å². The summed E-state index contributed by atoms with van der Waals surface area (Å²) >= 11 is 0. The van der Waals surface area contributed by atoms with Crippen molar-refractivity contribution in [2.45, 2.75) is 25.8 Å². The molecule has 1 N–H and O–H groups in total. The number of nitrogens with one attached hydrogen (secondary N) is 1. The number of hydrogen-bond donors (Lipinski definition) is 1. The van der Waals surface area contributed by atoms with Gasteiger partial charge in [0.05, 0.1) is 6.61 Å². The van der Waals surface area contributed by atoms with Crippen LogP contribution in [0.1, 0.15) is 35.2 Å². The molecule has 2 aromatic rings. The standard InChI is InChI=1S/C21H23FN2O3/c22-18-5-1-2-6-19(18)27-14-4-12-23-21(26)17-10-8-16(9-11-17)15-24-13-3-7-20(24)25/h1-2,5-6,8-11H,3-4,7,12-15H2,(H,23,26). The Morgan fingerprint density at radius 2 is 1.93 bits per heavy atom. The first-order chi connectivity index (χ1) is 13.1. The molecule has 1 saturated heterocycles. The molecule has 0 aromatic heterocycles. The first-order valence-corrected chi connectivity index (χ1v) is 9.16. The first-order valence-electron chi connectivity index (χ1n) is 9.16. The third-order valence-corrected chi connectivity index (χ3v) is 4.46. The van der Waals surface area contributed by atoms with Crippen molar-refractivity contribution in [3.05, 3.63) is 65.5 Å². The minimum absolute atomic E-state index is 0.162. The number of halogens is 1. The summed E-state index contributed by atoms with van der Waals surface area (Å²) < 4.78 is 18.8. The van der Waals surface area contributed by atoms with Crippen LogP contribution < -0.4 is 10.1 Å². The van der Waals surface area contributed by atoms with Gasteiger partial charge in [0.25, 0.3) is 5.91 Å². The van der Waals surface area contributed by atoms with Gasteiger partial charge in [-0.15, -0.1) is 0 Å². The molecule has 5 nitrogen and oxygen atoms in total. The average molecular weight is 370 g/mol. The van der Waals surface area contributed by atoms with E-state index >= 15 is 0 Å². The van der Waals surface area contributed by atoms with Gasteiger partial charge in [-0.1, -0.05) is 24.3 Å². The van der Waals surface area contributed by atoms with Gasteiger partial charge in [0, 0.05) is 31.6 Å². The van der Waals surface area contributed by atoms with E-state index in [4.69, 9.17) is 4.74 Å². The van der Waals surface area contributed by atoms with Crippen LogP contribution in [0.25, 0.3) is 0 Å². The molecule has 142 valence electrons. The van der Waals surface area contributed by atoms with Crippen LogP contribution in [0.15, 0.2) is 48.5 Å². The van der Waals surface area contributed by atoms with Gasteiger partial charge < -0.3 is 15.0 Å². The predicted molar refractivity (Wildman–Crippen MR) is 99.9 cm³/mol. The van der Waals surface area contributed by atoms with E-state index in [-0.39, 0.29) is 17.6 Å². The minimum Gasteiger partial charge on any atom is -0.490 e. The molecule has 2 amide bonds. The van der Waals surface area contributed by atoms with Gasteiger partial charge in [0.2, 0.25) is 5.91 Å². The summed E-state index contributed by atoms with van der Waals surface area (Å²) in [6.45, 7) is 2.16. The Labute approximate surface area is 158 Å². The molecule has 0 bridgehead atoms. The highest BCUT2D eigenvalue weighted by Gasteiger charge is 2.19. The van der Waals surface area contributed by atoms with Crippen molar-refractivity contribution in [3.63, 3.8) is 0 Å². The second-order valence-electron chi connectivity index (χ2n) is 6.50. The number of likely N-dealkylation sites (tertiary alicyclic amines) is 1. The molecule has 27 heavy (non-hydrogen) atoms. The molecule has 1 fully saturated rings. The number of nitrogens with zero attached hydrogens (tertiary/aromatic N) is 1. The maximum atomic E-state index is 13.4. The highest BCUT2D eigenvalue weighted by molar-refractivity contribution is 5.94. The number of hydrogen-bond acceptors (Lipinski definition) is 3. The van der Waals surface area contributed by atoms with E-state index in [2.05, 4.69) is 5.32 Å². The Bertz CT molecular complexity index is 792. The van der Waals surface area contributed by atoms with Crippen LogP contribution in [0.3, 0.4) is 0 Å². The topological polar surface area (TPSA) is 58.6 Å². The quantitative estimate of drug-likeness (QED) is 0.726. The second-order valence-corrected chi connectivity index (χ2v) is 6.50. The third kappa shape index (κ3) is 5.29. The molecule has 0 aliphatic carbocycles. The molecule has 3 rings (SSSR count). The smallest absolute Gasteiger partial charge is 0.251 e. The molecule has 1 heterocycles. The molecular weight excluding hydrogens is 347 g/mol. The summed E-state index contributed by atoms with van der Waals surface area (Å²) in [6, 6.07) is 13.5. The van der Waals surface area contributed by atoms with E-state index in [0.29, 0.717) is 38.1 Å². The molecule has 0 radical (unpaired) electrons. The highest BCUT2D eigenvalue weighted by atomic mass is 19.1. The summed E-state index contributed by atoms with van der Waals surface area (Å²) in [7, 11) is 0. The lowest BCUT2D eigenvalue weighted by Gasteiger charge is -2.15. The molecule has 1 aliphatic heterocycles. The Morgan fingerprint density at radius 1 is 1.15 bits per heavy atom. The molecular formula is C21H23FN2O3. The summed E-state index contributed by atoms with van der Waals surface area (Å²) in [5, 5.41) is 2.82. The molecule has 0 atom stereocenters. The van der Waals surface area contributed by atoms with Crippen molar-refractivity contribution >= 4 is 11.8 Å². The summed E-state index contributed by atoms with van der Waals surface area (Å²) in [6.07, 6.45) is 2.12. The second kappa shape index (κ2) is 9.16. The molecule has 0 unspecified atom stereocenters. The van der Waals surface area contributed by atoms with Crippen molar-refractivity contribution in [3.8, 4) is 5.75 Å². The summed E-state index contributed by atoms with van der Waals surface area (Å²) in [5.74, 6) is -0.146. The maximum absolute atomic E-state index is 13.4. The number of benzene rings is 2. The number of amides is 2. The lowest BCUT2D eigenvalue weighted by atomic mass is 10.1. The zero-order valence-corrected chi connectivity index (χ0v) is 15.1. The largest absolute Gasteiger partial charge is 0.490 e. The number of para-hydroxylation sites is 1. The summed E-state index contributed by atoms with van der Waals surface area (Å²) in [5.41, 5.74) is 1.58. The van der Waals surface area contributed by atoms with Crippen LogP contribution in [0.5, 0.6) is 5.75 Å². The van der Waals surface area contributed by atoms with Crippen LogP contribution >= 0.6 is 0 Å². The van der Waals surface area contributed by atoms with Gasteiger partial charge >= 0.3 is 0 Å². The van der Waals surface area contributed by atoms with Crippen molar-refractivity contribution < 1.29 is 18.7 Å². The lowest BCUT2D eigenvalue weighted by molar-refractivity contribution is -0.128. The third-order valence-electron chi connectivity index (χ3n) is 4.46. The van der Waals surface area contributed by atoms with Crippen LogP contribution in [0, 0.1) is 5.82 Å². The number of carbonyl (C=O) groups excluding carboxylic acids is 2. The zero-order chi connectivity index (χ0) is 19.1. The van der Waals surface area contributed by atoms with Crippen molar-refractivity contribution in [2.24, 2.45) is 0 Å². The van der Waals surface area contributed by atoms with Gasteiger partial charge in [-0.05, 0) is 42.7 Å². The van der Waals surface area contributed by atoms with Gasteiger partial charge in [0.1, 0.15) is 0 Å². The van der Waals surface area contributed by atoms with Crippen molar-refractivity contribution in [1.82, 2.24) is 10.2 Å². The summed E-state index contributed by atoms with van der Waals surface area (Å²) in [4.78, 5) is 25.7. The Balaban J connectivity index is 1.39. The Kier molecular flexibility index (Phi) is 6.41. The SMILES string of the molecule is O=C(NCCCOc1ccccc1F)c1ccc(CN2CCCC2=O)cc1. The van der Waals surface area contributed by atoms with E-state index < -0.39 is 5.82 Å². The predicted octanol–water partition coefficient (Wildman–Crippen LogP) is 3.15. The Hall–Kier alpha value is -2.89. The van der Waals surface area contributed by atoms with E-state index in [1.54, 1.807) is 30.3 Å². The number of ether oxygens (including phenoxy) is 1. The van der Waals surface area contributed by atoms with E-state index in [1.165, 1.54) is 6.07 Å². The lowest BCUT2D eigenvalue weighted by Crippen LogP contribution is -2.26. The monoisotopic (exact) mass is 370 g/mol.